The van der Waals surface area contributed by atoms with E-state index in [4.69, 9.17) is 0 Å². The first-order valence-corrected chi connectivity index (χ1v) is 5.74. The number of rotatable bonds is 5. The molecule has 0 amide bonds. The SMILES string of the molecule is C=CCCC(C)Nc1ccc2[nH]ccc2c1. The van der Waals surface area contributed by atoms with E-state index in [1.165, 1.54) is 16.6 Å². The Balaban J connectivity index is 2.05. The summed E-state index contributed by atoms with van der Waals surface area (Å²) < 4.78 is 0. The molecule has 1 aromatic carbocycles. The predicted molar refractivity (Wildman–Crippen MR) is 70.8 cm³/mol. The average molecular weight is 214 g/mol. The molecular weight excluding hydrogens is 196 g/mol. The third-order valence-corrected chi connectivity index (χ3v) is 2.77. The lowest BCUT2D eigenvalue weighted by Gasteiger charge is -2.14. The molecule has 2 aromatic rings. The highest BCUT2D eigenvalue weighted by Gasteiger charge is 2.01. The van der Waals surface area contributed by atoms with E-state index in [0.29, 0.717) is 6.04 Å². The second kappa shape index (κ2) is 4.88. The van der Waals surface area contributed by atoms with Gasteiger partial charge in [-0.15, -0.1) is 6.58 Å². The Kier molecular flexibility index (Phi) is 3.30. The molecule has 1 heterocycles. The molecule has 84 valence electrons. The number of hydrogen-bond donors (Lipinski definition) is 2. The molecule has 0 saturated carbocycles. The molecule has 0 aliphatic heterocycles. The Morgan fingerprint density at radius 2 is 2.31 bits per heavy atom. The van der Waals surface area contributed by atoms with Gasteiger partial charge in [0.2, 0.25) is 0 Å². The Morgan fingerprint density at radius 3 is 3.12 bits per heavy atom. The Morgan fingerprint density at radius 1 is 1.44 bits per heavy atom. The van der Waals surface area contributed by atoms with Gasteiger partial charge in [-0.1, -0.05) is 6.08 Å². The van der Waals surface area contributed by atoms with Crippen molar-refractivity contribution in [3.63, 3.8) is 0 Å². The minimum atomic E-state index is 0.481. The van der Waals surface area contributed by atoms with Gasteiger partial charge in [0, 0.05) is 28.8 Å². The summed E-state index contributed by atoms with van der Waals surface area (Å²) in [6.07, 6.45) is 6.11. The normalized spacial score (nSPS) is 12.6. The van der Waals surface area contributed by atoms with E-state index in [1.807, 2.05) is 12.3 Å². The maximum Gasteiger partial charge on any atom is 0.0455 e. The molecule has 1 atom stereocenters. The second-order valence-corrected chi connectivity index (χ2v) is 4.19. The lowest BCUT2D eigenvalue weighted by atomic mass is 10.1. The van der Waals surface area contributed by atoms with E-state index in [0.717, 1.165) is 12.8 Å². The summed E-state index contributed by atoms with van der Waals surface area (Å²) in [5.74, 6) is 0. The highest BCUT2D eigenvalue weighted by Crippen LogP contribution is 2.19. The van der Waals surface area contributed by atoms with Crippen molar-refractivity contribution < 1.29 is 0 Å². The van der Waals surface area contributed by atoms with Crippen LogP contribution in [0.1, 0.15) is 19.8 Å². The Hall–Kier alpha value is -1.70. The van der Waals surface area contributed by atoms with Crippen LogP contribution in [0.2, 0.25) is 0 Å². The van der Waals surface area contributed by atoms with Gasteiger partial charge in [0.1, 0.15) is 0 Å². The van der Waals surface area contributed by atoms with Crippen molar-refractivity contribution in [2.24, 2.45) is 0 Å². The number of fused-ring (bicyclic) bond motifs is 1. The number of anilines is 1. The summed E-state index contributed by atoms with van der Waals surface area (Å²) >= 11 is 0. The minimum absolute atomic E-state index is 0.481. The first kappa shape index (κ1) is 10.8. The molecule has 1 unspecified atom stereocenters. The predicted octanol–water partition coefficient (Wildman–Crippen LogP) is 3.93. The summed E-state index contributed by atoms with van der Waals surface area (Å²) in [7, 11) is 0. The van der Waals surface area contributed by atoms with E-state index in [2.05, 4.69) is 48.1 Å². The minimum Gasteiger partial charge on any atom is -0.383 e. The van der Waals surface area contributed by atoms with Crippen LogP contribution in [0.3, 0.4) is 0 Å². The lowest BCUT2D eigenvalue weighted by molar-refractivity contribution is 0.719. The maximum atomic E-state index is 3.74. The second-order valence-electron chi connectivity index (χ2n) is 4.19. The Labute approximate surface area is 96.4 Å². The van der Waals surface area contributed by atoms with Crippen LogP contribution in [0, 0.1) is 0 Å². The van der Waals surface area contributed by atoms with Gasteiger partial charge in [0.05, 0.1) is 0 Å². The molecule has 0 aliphatic carbocycles. The van der Waals surface area contributed by atoms with E-state index in [-0.39, 0.29) is 0 Å². The summed E-state index contributed by atoms with van der Waals surface area (Å²) in [4.78, 5) is 3.19. The zero-order valence-electron chi connectivity index (χ0n) is 9.66. The van der Waals surface area contributed by atoms with Crippen LogP contribution < -0.4 is 5.32 Å². The molecule has 1 aromatic heterocycles. The van der Waals surface area contributed by atoms with Crippen LogP contribution in [0.25, 0.3) is 10.9 Å². The molecule has 16 heavy (non-hydrogen) atoms. The van der Waals surface area contributed by atoms with E-state index in [1.54, 1.807) is 0 Å². The van der Waals surface area contributed by atoms with Crippen molar-refractivity contribution in [3.8, 4) is 0 Å². The molecule has 0 aliphatic rings. The van der Waals surface area contributed by atoms with E-state index in [9.17, 15) is 0 Å². The average Bonchev–Trinajstić information content (AvgIpc) is 2.73. The van der Waals surface area contributed by atoms with Gasteiger partial charge in [0.25, 0.3) is 0 Å². The molecule has 0 saturated heterocycles. The quantitative estimate of drug-likeness (QED) is 0.725. The molecule has 2 N–H and O–H groups in total. The molecule has 2 rings (SSSR count). The van der Waals surface area contributed by atoms with Crippen molar-refractivity contribution in [1.82, 2.24) is 4.98 Å². The van der Waals surface area contributed by atoms with Crippen molar-refractivity contribution >= 4 is 16.6 Å². The van der Waals surface area contributed by atoms with Crippen molar-refractivity contribution in [1.29, 1.82) is 0 Å². The third-order valence-electron chi connectivity index (χ3n) is 2.77. The smallest absolute Gasteiger partial charge is 0.0455 e. The fourth-order valence-electron chi connectivity index (χ4n) is 1.87. The number of H-pyrrole nitrogens is 1. The number of aromatic amines is 1. The Bertz CT molecular complexity index is 470. The van der Waals surface area contributed by atoms with Gasteiger partial charge in [-0.05, 0) is 44.0 Å². The molecule has 0 spiro atoms. The maximum absolute atomic E-state index is 3.74. The van der Waals surface area contributed by atoms with Gasteiger partial charge in [-0.3, -0.25) is 0 Å². The highest BCUT2D eigenvalue weighted by molar-refractivity contribution is 5.82. The lowest BCUT2D eigenvalue weighted by Crippen LogP contribution is -2.14. The number of benzene rings is 1. The number of allylic oxidation sites excluding steroid dienone is 1. The summed E-state index contributed by atoms with van der Waals surface area (Å²) in [5.41, 5.74) is 2.37. The molecular formula is C14H18N2. The summed E-state index contributed by atoms with van der Waals surface area (Å²) in [6.45, 7) is 5.94. The van der Waals surface area contributed by atoms with Crippen molar-refractivity contribution in [3.05, 3.63) is 43.1 Å². The van der Waals surface area contributed by atoms with Crippen molar-refractivity contribution in [2.75, 3.05) is 5.32 Å². The monoisotopic (exact) mass is 214 g/mol. The van der Waals surface area contributed by atoms with Crippen LogP contribution in [-0.2, 0) is 0 Å². The molecule has 0 bridgehead atoms. The first-order chi connectivity index (χ1) is 7.79. The van der Waals surface area contributed by atoms with E-state index >= 15 is 0 Å². The summed E-state index contributed by atoms with van der Waals surface area (Å²) in [5, 5.41) is 4.75. The number of hydrogen-bond acceptors (Lipinski definition) is 1. The van der Waals surface area contributed by atoms with Gasteiger partial charge in [-0.25, -0.2) is 0 Å². The van der Waals surface area contributed by atoms with Crippen LogP contribution in [-0.4, -0.2) is 11.0 Å². The van der Waals surface area contributed by atoms with E-state index < -0.39 is 0 Å². The standard InChI is InChI=1S/C14H18N2/c1-3-4-5-11(2)16-13-6-7-14-12(10-13)8-9-15-14/h3,6-11,15-16H,1,4-5H2,2H3. The fraction of sp³-hybridized carbons (Fsp3) is 0.286. The zero-order chi connectivity index (χ0) is 11.4. The number of aromatic nitrogens is 1. The third kappa shape index (κ3) is 2.45. The van der Waals surface area contributed by atoms with Crippen LogP contribution in [0.4, 0.5) is 5.69 Å². The van der Waals surface area contributed by atoms with Gasteiger partial charge < -0.3 is 10.3 Å². The van der Waals surface area contributed by atoms with Gasteiger partial charge >= 0.3 is 0 Å². The summed E-state index contributed by atoms with van der Waals surface area (Å²) in [6, 6.07) is 8.97. The highest BCUT2D eigenvalue weighted by atomic mass is 14.9. The number of nitrogens with one attached hydrogen (secondary N) is 2. The zero-order valence-corrected chi connectivity index (χ0v) is 9.66. The molecule has 2 nitrogen and oxygen atoms in total. The van der Waals surface area contributed by atoms with Crippen LogP contribution >= 0.6 is 0 Å². The van der Waals surface area contributed by atoms with Crippen LogP contribution in [0.15, 0.2) is 43.1 Å². The van der Waals surface area contributed by atoms with Gasteiger partial charge in [-0.2, -0.15) is 0 Å². The first-order valence-electron chi connectivity index (χ1n) is 5.74. The fourth-order valence-corrected chi connectivity index (χ4v) is 1.87. The largest absolute Gasteiger partial charge is 0.383 e. The van der Waals surface area contributed by atoms with Gasteiger partial charge in [0.15, 0.2) is 0 Å². The topological polar surface area (TPSA) is 27.8 Å². The molecule has 2 heteroatoms. The molecule has 0 radical (unpaired) electrons. The van der Waals surface area contributed by atoms with Crippen molar-refractivity contribution in [2.45, 2.75) is 25.8 Å². The van der Waals surface area contributed by atoms with Crippen LogP contribution in [0.5, 0.6) is 0 Å². The molecule has 0 fully saturated rings.